The number of phosphoric acid groups is 2. The summed E-state index contributed by atoms with van der Waals surface area (Å²) in [5.74, 6) is -1.38. The molecule has 96 heavy (non-hydrogen) atoms. The molecule has 2 unspecified atom stereocenters. The fourth-order valence-corrected chi connectivity index (χ4v) is 12.9. The predicted molar refractivity (Wildman–Crippen MR) is 391 cm³/mol. The summed E-state index contributed by atoms with van der Waals surface area (Å²) in [6.07, 6.45) is 61.8. The van der Waals surface area contributed by atoms with Crippen molar-refractivity contribution in [1.82, 2.24) is 0 Å². The van der Waals surface area contributed by atoms with Crippen molar-refractivity contribution in [3.63, 3.8) is 0 Å². The average molecular weight is 1410 g/mol. The van der Waals surface area contributed by atoms with Gasteiger partial charge in [0, 0.05) is 25.7 Å². The molecular weight excluding hydrogens is 1260 g/mol. The minimum absolute atomic E-state index is 0.102. The Hall–Kier alpha value is -2.46. The van der Waals surface area contributed by atoms with Crippen LogP contribution < -0.4 is 0 Å². The summed E-state index contributed by atoms with van der Waals surface area (Å²) in [5.41, 5.74) is 0. The maximum Gasteiger partial charge on any atom is 0.472 e. The van der Waals surface area contributed by atoms with Gasteiger partial charge in [-0.1, -0.05) is 329 Å². The molecule has 0 aromatic rings. The number of phosphoric ester groups is 2. The molecular formula is C77H146O17P2. The first-order chi connectivity index (χ1) is 46.5. The number of hydrogen-bond donors (Lipinski definition) is 3. The van der Waals surface area contributed by atoms with E-state index in [4.69, 9.17) is 37.0 Å². The molecule has 0 rings (SSSR count). The quantitative estimate of drug-likeness (QED) is 0.0169. The second kappa shape index (κ2) is 69.6. The number of carbonyl (C=O) groups excluding carboxylic acids is 4. The molecule has 566 valence electrons. The SMILES string of the molecule is CCCCCC/C=C\C=C/CCCCCCCC(=O)OC[C@H](COP(=O)(O)OC[C@@H](O)COP(=O)(O)OC[C@@H](COC(=O)CCCCCCCCCCC)OC(=O)CCCCCCCCCCCCCC(C)C)OC(=O)CCCCCCCCCCCCCCCCCCCC. The predicted octanol–water partition coefficient (Wildman–Crippen LogP) is 22.4. The van der Waals surface area contributed by atoms with Gasteiger partial charge in [-0.3, -0.25) is 37.3 Å². The Balaban J connectivity index is 5.26. The number of esters is 4. The van der Waals surface area contributed by atoms with Gasteiger partial charge in [-0.25, -0.2) is 9.13 Å². The molecule has 5 atom stereocenters. The lowest BCUT2D eigenvalue weighted by molar-refractivity contribution is -0.161. The second-order valence-corrected chi connectivity index (χ2v) is 30.4. The van der Waals surface area contributed by atoms with Crippen LogP contribution in [0.25, 0.3) is 0 Å². The highest BCUT2D eigenvalue weighted by atomic mass is 31.2. The van der Waals surface area contributed by atoms with Gasteiger partial charge < -0.3 is 33.8 Å². The van der Waals surface area contributed by atoms with E-state index in [9.17, 15) is 43.2 Å². The van der Waals surface area contributed by atoms with Crippen LogP contribution in [-0.4, -0.2) is 96.7 Å². The van der Waals surface area contributed by atoms with Gasteiger partial charge in [-0.05, 0) is 57.3 Å². The van der Waals surface area contributed by atoms with Gasteiger partial charge in [0.2, 0.25) is 0 Å². The van der Waals surface area contributed by atoms with Gasteiger partial charge in [-0.15, -0.1) is 0 Å². The zero-order valence-corrected chi connectivity index (χ0v) is 63.8. The number of aliphatic hydroxyl groups is 1. The van der Waals surface area contributed by atoms with Crippen LogP contribution in [0.2, 0.25) is 0 Å². The Labute approximate surface area is 586 Å². The van der Waals surface area contributed by atoms with E-state index in [0.717, 1.165) is 115 Å². The van der Waals surface area contributed by atoms with Crippen molar-refractivity contribution in [3.05, 3.63) is 24.3 Å². The number of ether oxygens (including phenoxy) is 4. The molecule has 19 heteroatoms. The monoisotopic (exact) mass is 1410 g/mol. The van der Waals surface area contributed by atoms with Gasteiger partial charge in [0.15, 0.2) is 12.2 Å². The zero-order chi connectivity index (χ0) is 70.5. The number of unbranched alkanes of at least 4 members (excludes halogenated alkanes) is 44. The van der Waals surface area contributed by atoms with Gasteiger partial charge >= 0.3 is 39.5 Å². The molecule has 0 saturated carbocycles. The third-order valence-electron chi connectivity index (χ3n) is 17.4. The molecule has 0 amide bonds. The molecule has 3 N–H and O–H groups in total. The largest absolute Gasteiger partial charge is 0.472 e. The molecule has 0 heterocycles. The van der Waals surface area contributed by atoms with Gasteiger partial charge in [0.1, 0.15) is 19.3 Å². The number of allylic oxidation sites excluding steroid dienone is 4. The first-order valence-corrected chi connectivity index (χ1v) is 42.4. The maximum absolute atomic E-state index is 13.1. The summed E-state index contributed by atoms with van der Waals surface area (Å²) in [6, 6.07) is 0. The highest BCUT2D eigenvalue weighted by Crippen LogP contribution is 2.45. The topological polar surface area (TPSA) is 237 Å². The van der Waals surface area contributed by atoms with Gasteiger partial charge in [-0.2, -0.15) is 0 Å². The van der Waals surface area contributed by atoms with Crippen LogP contribution in [0.5, 0.6) is 0 Å². The minimum Gasteiger partial charge on any atom is -0.462 e. The van der Waals surface area contributed by atoms with Crippen molar-refractivity contribution < 1.29 is 80.2 Å². The smallest absolute Gasteiger partial charge is 0.462 e. The molecule has 0 aromatic heterocycles. The lowest BCUT2D eigenvalue weighted by Crippen LogP contribution is -2.30. The molecule has 0 fully saturated rings. The van der Waals surface area contributed by atoms with Crippen LogP contribution in [0.3, 0.4) is 0 Å². The van der Waals surface area contributed by atoms with E-state index < -0.39 is 97.5 Å². The molecule has 0 aliphatic carbocycles. The number of aliphatic hydroxyl groups excluding tert-OH is 1. The Morgan fingerprint density at radius 1 is 0.323 bits per heavy atom. The fraction of sp³-hybridized carbons (Fsp3) is 0.896. The standard InChI is InChI=1S/C77H146O17P2/c1-6-9-12-15-18-21-23-25-27-28-29-31-33-37-42-47-52-57-62-76(81)94-73(67-88-75(80)61-56-51-46-41-36-32-30-26-24-22-19-16-13-10-7-2)69-92-96(85,86)90-65-71(78)64-89-95(83,84)91-68-72(66-87-74(79)60-55-50-45-39-20-17-14-11-8-3)93-77(82)63-58-53-48-43-38-34-35-40-44-49-54-59-70(4)5/h22,24,26,30,70-73,78H,6-21,23,25,27-29,31-69H2,1-5H3,(H,83,84)(H,85,86)/b24-22-,30-26-/t71-,72+,73+/m0/s1. The Morgan fingerprint density at radius 2 is 0.562 bits per heavy atom. The normalized spacial score (nSPS) is 14.1. The van der Waals surface area contributed by atoms with E-state index in [0.29, 0.717) is 25.7 Å². The number of carbonyl (C=O) groups is 4. The van der Waals surface area contributed by atoms with E-state index in [1.165, 1.54) is 186 Å². The van der Waals surface area contributed by atoms with Crippen molar-refractivity contribution >= 4 is 39.5 Å². The Morgan fingerprint density at radius 3 is 0.854 bits per heavy atom. The summed E-state index contributed by atoms with van der Waals surface area (Å²) in [4.78, 5) is 72.8. The van der Waals surface area contributed by atoms with Crippen LogP contribution in [0, 0.1) is 5.92 Å². The van der Waals surface area contributed by atoms with E-state index >= 15 is 0 Å². The molecule has 0 aliphatic heterocycles. The molecule has 0 aromatic carbocycles. The van der Waals surface area contributed by atoms with Gasteiger partial charge in [0.25, 0.3) is 0 Å². The third kappa shape index (κ3) is 70.0. The Kier molecular flexibility index (Phi) is 67.8. The first-order valence-electron chi connectivity index (χ1n) is 39.5. The third-order valence-corrected chi connectivity index (χ3v) is 19.3. The minimum atomic E-state index is -4.96. The molecule has 17 nitrogen and oxygen atoms in total. The van der Waals surface area contributed by atoms with Crippen LogP contribution in [0.15, 0.2) is 24.3 Å². The van der Waals surface area contributed by atoms with E-state index in [2.05, 4.69) is 58.9 Å². The number of rotatable bonds is 75. The van der Waals surface area contributed by atoms with E-state index in [1.54, 1.807) is 0 Å². The fourth-order valence-electron chi connectivity index (χ4n) is 11.3. The molecule has 0 aliphatic rings. The lowest BCUT2D eigenvalue weighted by atomic mass is 10.0. The highest BCUT2D eigenvalue weighted by Gasteiger charge is 2.30. The highest BCUT2D eigenvalue weighted by molar-refractivity contribution is 7.47. The second-order valence-electron chi connectivity index (χ2n) is 27.5. The zero-order valence-electron chi connectivity index (χ0n) is 62.0. The van der Waals surface area contributed by atoms with Crippen LogP contribution in [0.1, 0.15) is 381 Å². The summed E-state index contributed by atoms with van der Waals surface area (Å²) < 4.78 is 68.5. The van der Waals surface area contributed by atoms with Crippen molar-refractivity contribution in [3.8, 4) is 0 Å². The van der Waals surface area contributed by atoms with Crippen molar-refractivity contribution in [2.45, 2.75) is 400 Å². The Bertz CT molecular complexity index is 1930. The molecule has 0 radical (unpaired) electrons. The average Bonchev–Trinajstić information content (AvgIpc) is 1.14. The molecule has 0 saturated heterocycles. The van der Waals surface area contributed by atoms with E-state index in [1.807, 2.05) is 0 Å². The van der Waals surface area contributed by atoms with Gasteiger partial charge in [0.05, 0.1) is 26.4 Å². The summed E-state index contributed by atoms with van der Waals surface area (Å²) >= 11 is 0. The van der Waals surface area contributed by atoms with Crippen LogP contribution in [-0.2, 0) is 65.4 Å². The van der Waals surface area contributed by atoms with Crippen LogP contribution >= 0.6 is 15.6 Å². The van der Waals surface area contributed by atoms with Crippen molar-refractivity contribution in [2.24, 2.45) is 5.92 Å². The number of hydrogen-bond acceptors (Lipinski definition) is 15. The lowest BCUT2D eigenvalue weighted by Gasteiger charge is -2.21. The first kappa shape index (κ1) is 93.5. The van der Waals surface area contributed by atoms with E-state index in [-0.39, 0.29) is 25.7 Å². The van der Waals surface area contributed by atoms with Crippen molar-refractivity contribution in [1.29, 1.82) is 0 Å². The van der Waals surface area contributed by atoms with Crippen molar-refractivity contribution in [2.75, 3.05) is 39.6 Å². The molecule has 0 bridgehead atoms. The van der Waals surface area contributed by atoms with Crippen LogP contribution in [0.4, 0.5) is 0 Å². The summed E-state index contributed by atoms with van der Waals surface area (Å²) in [6.45, 7) is 7.22. The molecule has 0 spiro atoms. The summed E-state index contributed by atoms with van der Waals surface area (Å²) in [5, 5.41) is 10.6. The maximum atomic E-state index is 13.1. The summed E-state index contributed by atoms with van der Waals surface area (Å²) in [7, 11) is -9.92.